The SMILES string of the molecule is CCCN1C(=O)c2ccccc2Sc2cc(-c3noc(-c4ccco4)n3)ccc21. The zero-order chi connectivity index (χ0) is 19.8. The smallest absolute Gasteiger partial charge is 0.293 e. The molecule has 1 aliphatic rings. The molecule has 0 bridgehead atoms. The maximum atomic E-state index is 13.1. The van der Waals surface area contributed by atoms with Crippen LogP contribution in [0.1, 0.15) is 23.7 Å². The first kappa shape index (κ1) is 17.8. The van der Waals surface area contributed by atoms with Crippen molar-refractivity contribution < 1.29 is 13.7 Å². The van der Waals surface area contributed by atoms with Crippen LogP contribution in [0.15, 0.2) is 79.6 Å². The first-order valence-electron chi connectivity index (χ1n) is 9.35. The molecule has 3 heterocycles. The van der Waals surface area contributed by atoms with E-state index in [1.165, 1.54) is 0 Å². The lowest BCUT2D eigenvalue weighted by molar-refractivity contribution is 0.0984. The van der Waals surface area contributed by atoms with E-state index >= 15 is 0 Å². The molecule has 2 aromatic heterocycles. The van der Waals surface area contributed by atoms with Crippen LogP contribution in [0.25, 0.3) is 23.0 Å². The Labute approximate surface area is 171 Å². The maximum absolute atomic E-state index is 13.1. The summed E-state index contributed by atoms with van der Waals surface area (Å²) in [6.07, 6.45) is 2.44. The van der Waals surface area contributed by atoms with Crippen LogP contribution in [-0.2, 0) is 0 Å². The van der Waals surface area contributed by atoms with Gasteiger partial charge in [-0.1, -0.05) is 36.0 Å². The molecule has 0 spiro atoms. The monoisotopic (exact) mass is 403 g/mol. The van der Waals surface area contributed by atoms with Gasteiger partial charge in [0.2, 0.25) is 5.82 Å². The summed E-state index contributed by atoms with van der Waals surface area (Å²) in [5, 5.41) is 4.09. The Morgan fingerprint density at radius 1 is 1.07 bits per heavy atom. The van der Waals surface area contributed by atoms with Crippen LogP contribution in [0.3, 0.4) is 0 Å². The number of hydrogen-bond acceptors (Lipinski definition) is 6. The van der Waals surface area contributed by atoms with Gasteiger partial charge in [0.05, 0.1) is 17.5 Å². The number of fused-ring (bicyclic) bond motifs is 2. The van der Waals surface area contributed by atoms with Crippen LogP contribution < -0.4 is 4.90 Å². The lowest BCUT2D eigenvalue weighted by Gasteiger charge is -2.22. The number of furan rings is 1. The van der Waals surface area contributed by atoms with E-state index in [0.717, 1.165) is 33.0 Å². The van der Waals surface area contributed by atoms with Crippen LogP contribution >= 0.6 is 11.8 Å². The van der Waals surface area contributed by atoms with Crippen molar-refractivity contribution in [2.75, 3.05) is 11.4 Å². The molecular weight excluding hydrogens is 386 g/mol. The van der Waals surface area contributed by atoms with Crippen LogP contribution in [-0.4, -0.2) is 22.6 Å². The first-order valence-corrected chi connectivity index (χ1v) is 10.2. The standard InChI is InChI=1S/C22H17N3O3S/c1-2-11-25-16-10-9-14(20-23-21(28-24-20)17-7-5-12-27-17)13-19(16)29-18-8-4-3-6-15(18)22(25)26/h3-10,12-13H,2,11H2,1H3. The molecular formula is C22H17N3O3S. The first-order chi connectivity index (χ1) is 14.2. The average Bonchev–Trinajstić information content (AvgIpc) is 3.42. The molecule has 0 saturated heterocycles. The van der Waals surface area contributed by atoms with Crippen LogP contribution in [0.2, 0.25) is 0 Å². The number of carbonyl (C=O) groups is 1. The number of hydrogen-bond donors (Lipinski definition) is 0. The van der Waals surface area contributed by atoms with E-state index in [0.29, 0.717) is 24.0 Å². The van der Waals surface area contributed by atoms with Gasteiger partial charge in [-0.15, -0.1) is 0 Å². The molecule has 144 valence electrons. The van der Waals surface area contributed by atoms with Crippen LogP contribution in [0.4, 0.5) is 5.69 Å². The largest absolute Gasteiger partial charge is 0.459 e. The number of aromatic nitrogens is 2. The summed E-state index contributed by atoms with van der Waals surface area (Å²) in [5.74, 6) is 1.37. The molecule has 0 unspecified atom stereocenters. The van der Waals surface area contributed by atoms with Crippen molar-refractivity contribution in [3.63, 3.8) is 0 Å². The number of benzene rings is 2. The van der Waals surface area contributed by atoms with Gasteiger partial charge >= 0.3 is 0 Å². The highest BCUT2D eigenvalue weighted by atomic mass is 32.2. The molecule has 0 N–H and O–H groups in total. The van der Waals surface area contributed by atoms with Crippen molar-refractivity contribution in [2.45, 2.75) is 23.1 Å². The molecule has 2 aromatic carbocycles. The molecule has 29 heavy (non-hydrogen) atoms. The topological polar surface area (TPSA) is 72.4 Å². The molecule has 0 aliphatic carbocycles. The Hall–Kier alpha value is -3.32. The van der Waals surface area contributed by atoms with Gasteiger partial charge in [0.15, 0.2) is 5.76 Å². The minimum Gasteiger partial charge on any atom is -0.459 e. The summed E-state index contributed by atoms with van der Waals surface area (Å²) in [7, 11) is 0. The predicted molar refractivity (Wildman–Crippen MR) is 110 cm³/mol. The molecule has 1 amide bonds. The van der Waals surface area contributed by atoms with Gasteiger partial charge < -0.3 is 13.8 Å². The number of amides is 1. The number of rotatable bonds is 4. The normalized spacial score (nSPS) is 13.1. The second kappa shape index (κ2) is 7.25. The third kappa shape index (κ3) is 3.13. The van der Waals surface area contributed by atoms with Crippen LogP contribution in [0, 0.1) is 0 Å². The quantitative estimate of drug-likeness (QED) is 0.447. The Balaban J connectivity index is 1.59. The highest BCUT2D eigenvalue weighted by molar-refractivity contribution is 7.99. The fourth-order valence-corrected chi connectivity index (χ4v) is 4.47. The highest BCUT2D eigenvalue weighted by Gasteiger charge is 2.27. The minimum atomic E-state index is 0.0288. The highest BCUT2D eigenvalue weighted by Crippen LogP contribution is 2.43. The minimum absolute atomic E-state index is 0.0288. The van der Waals surface area contributed by atoms with Gasteiger partial charge in [-0.05, 0) is 48.9 Å². The Bertz CT molecular complexity index is 1180. The van der Waals surface area contributed by atoms with E-state index in [-0.39, 0.29) is 5.91 Å². The second-order valence-electron chi connectivity index (χ2n) is 6.64. The average molecular weight is 403 g/mol. The molecule has 5 rings (SSSR count). The van der Waals surface area contributed by atoms with Gasteiger partial charge in [0, 0.05) is 21.9 Å². The van der Waals surface area contributed by atoms with Gasteiger partial charge in [-0.25, -0.2) is 0 Å². The zero-order valence-corrected chi connectivity index (χ0v) is 16.5. The third-order valence-corrected chi connectivity index (χ3v) is 5.82. The van der Waals surface area contributed by atoms with Crippen molar-refractivity contribution in [3.8, 4) is 23.0 Å². The molecule has 4 aromatic rings. The number of anilines is 1. The van der Waals surface area contributed by atoms with Crippen molar-refractivity contribution in [1.29, 1.82) is 0 Å². The van der Waals surface area contributed by atoms with E-state index in [2.05, 4.69) is 17.1 Å². The van der Waals surface area contributed by atoms with Crippen molar-refractivity contribution >= 4 is 23.4 Å². The fraction of sp³-hybridized carbons (Fsp3) is 0.136. The summed E-state index contributed by atoms with van der Waals surface area (Å²) >= 11 is 1.58. The van der Waals surface area contributed by atoms with E-state index in [4.69, 9.17) is 8.94 Å². The fourth-order valence-electron chi connectivity index (χ4n) is 3.35. The number of nitrogens with zero attached hydrogens (tertiary/aromatic N) is 3. The summed E-state index contributed by atoms with van der Waals surface area (Å²) in [6, 6.07) is 17.1. The summed E-state index contributed by atoms with van der Waals surface area (Å²) in [5.41, 5.74) is 2.45. The van der Waals surface area contributed by atoms with E-state index in [1.807, 2.05) is 47.4 Å². The van der Waals surface area contributed by atoms with Gasteiger partial charge in [0.1, 0.15) is 0 Å². The molecule has 6 nitrogen and oxygen atoms in total. The van der Waals surface area contributed by atoms with Gasteiger partial charge in [-0.2, -0.15) is 4.98 Å². The summed E-state index contributed by atoms with van der Waals surface area (Å²) in [4.78, 5) is 21.4. The van der Waals surface area contributed by atoms with E-state index in [9.17, 15) is 4.79 Å². The molecule has 1 aliphatic heterocycles. The molecule has 0 saturated carbocycles. The van der Waals surface area contributed by atoms with Crippen molar-refractivity contribution in [2.24, 2.45) is 0 Å². The van der Waals surface area contributed by atoms with Crippen molar-refractivity contribution in [1.82, 2.24) is 10.1 Å². The van der Waals surface area contributed by atoms with E-state index < -0.39 is 0 Å². The predicted octanol–water partition coefficient (Wildman–Crippen LogP) is 5.52. The molecule has 0 radical (unpaired) electrons. The Morgan fingerprint density at radius 3 is 2.79 bits per heavy atom. The zero-order valence-electron chi connectivity index (χ0n) is 15.7. The molecule has 0 atom stereocenters. The maximum Gasteiger partial charge on any atom is 0.293 e. The second-order valence-corrected chi connectivity index (χ2v) is 7.72. The molecule has 0 fully saturated rings. The van der Waals surface area contributed by atoms with Crippen molar-refractivity contribution in [3.05, 3.63) is 66.4 Å². The third-order valence-electron chi connectivity index (χ3n) is 4.70. The van der Waals surface area contributed by atoms with E-state index in [1.54, 1.807) is 30.2 Å². The summed E-state index contributed by atoms with van der Waals surface area (Å²) in [6.45, 7) is 2.73. The summed E-state index contributed by atoms with van der Waals surface area (Å²) < 4.78 is 10.7. The Kier molecular flexibility index (Phi) is 4.44. The number of carbonyl (C=O) groups excluding carboxylic acids is 1. The Morgan fingerprint density at radius 2 is 1.97 bits per heavy atom. The van der Waals surface area contributed by atoms with Crippen LogP contribution in [0.5, 0.6) is 0 Å². The lowest BCUT2D eigenvalue weighted by atomic mass is 10.1. The van der Waals surface area contributed by atoms with Gasteiger partial charge in [-0.3, -0.25) is 4.79 Å². The lowest BCUT2D eigenvalue weighted by Crippen LogP contribution is -2.31. The molecule has 7 heteroatoms. The van der Waals surface area contributed by atoms with Gasteiger partial charge in [0.25, 0.3) is 11.8 Å².